The maximum absolute atomic E-state index is 11.7. The van der Waals surface area contributed by atoms with Crippen LogP contribution < -0.4 is 5.32 Å². The van der Waals surface area contributed by atoms with Gasteiger partial charge in [-0.2, -0.15) is 0 Å². The Morgan fingerprint density at radius 3 is 2.41 bits per heavy atom. The molecule has 0 spiro atoms. The zero-order chi connectivity index (χ0) is 12.3. The summed E-state index contributed by atoms with van der Waals surface area (Å²) in [7, 11) is 0. The number of carboxylic acid groups (broad SMARTS) is 1. The fraction of sp³-hybridized carbons (Fsp3) is 0.385. The molecule has 1 aliphatic carbocycles. The molecular weight excluding hydrogens is 218 g/mol. The molecular formula is C13H15NO3. The normalized spacial score (nSPS) is 16.2. The number of carboxylic acids is 1. The molecule has 4 nitrogen and oxygen atoms in total. The number of hydrogen-bond donors (Lipinski definition) is 2. The smallest absolute Gasteiger partial charge is 0.319 e. The second kappa shape index (κ2) is 4.57. The van der Waals surface area contributed by atoms with Crippen LogP contribution in [0.25, 0.3) is 0 Å². The SMILES string of the molecule is O=C(O)C1(C(=O)NCCc2ccccc2)CC1. The van der Waals surface area contributed by atoms with Crippen LogP contribution in [0.4, 0.5) is 0 Å². The van der Waals surface area contributed by atoms with Crippen LogP contribution in [0.2, 0.25) is 0 Å². The van der Waals surface area contributed by atoms with Gasteiger partial charge in [-0.15, -0.1) is 0 Å². The van der Waals surface area contributed by atoms with Crippen molar-refractivity contribution in [1.82, 2.24) is 5.32 Å². The predicted octanol–water partition coefficient (Wildman–Crippen LogP) is 1.21. The van der Waals surface area contributed by atoms with Gasteiger partial charge in [0.05, 0.1) is 0 Å². The van der Waals surface area contributed by atoms with E-state index in [1.165, 1.54) is 0 Å². The highest BCUT2D eigenvalue weighted by molar-refractivity contribution is 6.04. The van der Waals surface area contributed by atoms with Crippen LogP contribution in [0.3, 0.4) is 0 Å². The Bertz CT molecular complexity index is 424. The van der Waals surface area contributed by atoms with Crippen LogP contribution in [0.5, 0.6) is 0 Å². The molecule has 1 saturated carbocycles. The largest absolute Gasteiger partial charge is 0.480 e. The molecule has 0 atom stereocenters. The average Bonchev–Trinajstić information content (AvgIpc) is 3.11. The van der Waals surface area contributed by atoms with Crippen molar-refractivity contribution in [1.29, 1.82) is 0 Å². The first-order valence-electron chi connectivity index (χ1n) is 5.71. The molecule has 0 saturated heterocycles. The molecule has 90 valence electrons. The molecule has 1 aliphatic rings. The Morgan fingerprint density at radius 1 is 1.24 bits per heavy atom. The number of carbonyl (C=O) groups excluding carboxylic acids is 1. The van der Waals surface area contributed by atoms with Crippen molar-refractivity contribution < 1.29 is 14.7 Å². The molecule has 1 amide bonds. The predicted molar refractivity (Wildman–Crippen MR) is 62.5 cm³/mol. The second-order valence-corrected chi connectivity index (χ2v) is 4.38. The number of carbonyl (C=O) groups is 2. The third-order valence-corrected chi connectivity index (χ3v) is 3.14. The summed E-state index contributed by atoms with van der Waals surface area (Å²) in [5.41, 5.74) is 0.00410. The van der Waals surface area contributed by atoms with Crippen LogP contribution in [0.15, 0.2) is 30.3 Å². The fourth-order valence-electron chi connectivity index (χ4n) is 1.80. The van der Waals surface area contributed by atoms with Gasteiger partial charge >= 0.3 is 5.97 Å². The van der Waals surface area contributed by atoms with E-state index in [4.69, 9.17) is 5.11 Å². The van der Waals surface area contributed by atoms with Crippen molar-refractivity contribution in [3.8, 4) is 0 Å². The molecule has 0 unspecified atom stereocenters. The van der Waals surface area contributed by atoms with Gasteiger partial charge in [-0.3, -0.25) is 9.59 Å². The molecule has 2 N–H and O–H groups in total. The van der Waals surface area contributed by atoms with Crippen molar-refractivity contribution in [2.75, 3.05) is 6.54 Å². The lowest BCUT2D eigenvalue weighted by molar-refractivity contribution is -0.149. The van der Waals surface area contributed by atoms with Crippen molar-refractivity contribution in [2.45, 2.75) is 19.3 Å². The summed E-state index contributed by atoms with van der Waals surface area (Å²) in [5.74, 6) is -1.35. The van der Waals surface area contributed by atoms with Crippen LogP contribution in [0, 0.1) is 5.41 Å². The molecule has 0 heterocycles. The Labute approximate surface area is 99.6 Å². The first-order valence-corrected chi connectivity index (χ1v) is 5.71. The topological polar surface area (TPSA) is 66.4 Å². The van der Waals surface area contributed by atoms with Gasteiger partial charge in [0.2, 0.25) is 5.91 Å². The van der Waals surface area contributed by atoms with E-state index in [0.717, 1.165) is 12.0 Å². The molecule has 0 radical (unpaired) electrons. The Morgan fingerprint density at radius 2 is 1.88 bits per heavy atom. The van der Waals surface area contributed by atoms with E-state index in [1.54, 1.807) is 0 Å². The molecule has 4 heteroatoms. The quantitative estimate of drug-likeness (QED) is 0.751. The second-order valence-electron chi connectivity index (χ2n) is 4.38. The maximum Gasteiger partial charge on any atom is 0.319 e. The highest BCUT2D eigenvalue weighted by Crippen LogP contribution is 2.45. The third-order valence-electron chi connectivity index (χ3n) is 3.14. The van der Waals surface area contributed by atoms with Gasteiger partial charge in [0, 0.05) is 6.54 Å². The van der Waals surface area contributed by atoms with E-state index in [-0.39, 0.29) is 5.91 Å². The van der Waals surface area contributed by atoms with Crippen molar-refractivity contribution >= 4 is 11.9 Å². The van der Waals surface area contributed by atoms with Gasteiger partial charge in [-0.05, 0) is 24.8 Å². The average molecular weight is 233 g/mol. The molecule has 1 aromatic carbocycles. The van der Waals surface area contributed by atoms with Crippen LogP contribution >= 0.6 is 0 Å². The Kier molecular flexibility index (Phi) is 3.13. The van der Waals surface area contributed by atoms with E-state index in [2.05, 4.69) is 5.32 Å². The summed E-state index contributed by atoms with van der Waals surface area (Å²) >= 11 is 0. The number of aliphatic carboxylic acids is 1. The zero-order valence-corrected chi connectivity index (χ0v) is 9.48. The van der Waals surface area contributed by atoms with Gasteiger partial charge in [0.1, 0.15) is 5.41 Å². The van der Waals surface area contributed by atoms with Gasteiger partial charge < -0.3 is 10.4 Å². The first-order chi connectivity index (χ1) is 8.15. The van der Waals surface area contributed by atoms with Gasteiger partial charge in [0.25, 0.3) is 0 Å². The van der Waals surface area contributed by atoms with Gasteiger partial charge in [-0.25, -0.2) is 0 Å². The minimum atomic E-state index is -1.13. The van der Waals surface area contributed by atoms with E-state index >= 15 is 0 Å². The number of hydrogen-bond acceptors (Lipinski definition) is 2. The summed E-state index contributed by atoms with van der Waals surface area (Å²) in [6, 6.07) is 9.78. The lowest BCUT2D eigenvalue weighted by Gasteiger charge is -2.10. The number of benzene rings is 1. The Hall–Kier alpha value is -1.84. The summed E-state index contributed by atoms with van der Waals surface area (Å²) in [6.07, 6.45) is 1.64. The maximum atomic E-state index is 11.7. The fourth-order valence-corrected chi connectivity index (χ4v) is 1.80. The molecule has 0 aliphatic heterocycles. The first kappa shape index (κ1) is 11.6. The van der Waals surface area contributed by atoms with E-state index in [0.29, 0.717) is 19.4 Å². The summed E-state index contributed by atoms with van der Waals surface area (Å²) in [4.78, 5) is 22.6. The monoisotopic (exact) mass is 233 g/mol. The van der Waals surface area contributed by atoms with Crippen LogP contribution in [-0.4, -0.2) is 23.5 Å². The number of rotatable bonds is 5. The molecule has 1 fully saturated rings. The molecule has 0 bridgehead atoms. The van der Waals surface area contributed by atoms with Crippen LogP contribution in [0.1, 0.15) is 18.4 Å². The zero-order valence-electron chi connectivity index (χ0n) is 9.48. The third kappa shape index (κ3) is 2.46. The highest BCUT2D eigenvalue weighted by Gasteiger charge is 2.56. The van der Waals surface area contributed by atoms with Crippen LogP contribution in [-0.2, 0) is 16.0 Å². The Balaban J connectivity index is 1.80. The summed E-state index contributed by atoms with van der Waals surface area (Å²) < 4.78 is 0. The van der Waals surface area contributed by atoms with E-state index < -0.39 is 11.4 Å². The van der Waals surface area contributed by atoms with Crippen molar-refractivity contribution in [3.05, 3.63) is 35.9 Å². The summed E-state index contributed by atoms with van der Waals surface area (Å²) in [6.45, 7) is 0.484. The minimum absolute atomic E-state index is 0.346. The number of nitrogens with one attached hydrogen (secondary N) is 1. The summed E-state index contributed by atoms with van der Waals surface area (Å²) in [5, 5.41) is 11.6. The minimum Gasteiger partial charge on any atom is -0.480 e. The molecule has 2 rings (SSSR count). The van der Waals surface area contributed by atoms with E-state index in [9.17, 15) is 9.59 Å². The lowest BCUT2D eigenvalue weighted by Crippen LogP contribution is -2.37. The van der Waals surface area contributed by atoms with E-state index in [1.807, 2.05) is 30.3 Å². The lowest BCUT2D eigenvalue weighted by atomic mass is 10.1. The van der Waals surface area contributed by atoms with Gasteiger partial charge in [-0.1, -0.05) is 30.3 Å². The van der Waals surface area contributed by atoms with Gasteiger partial charge in [0.15, 0.2) is 0 Å². The highest BCUT2D eigenvalue weighted by atomic mass is 16.4. The molecule has 0 aromatic heterocycles. The molecule has 17 heavy (non-hydrogen) atoms. The molecule has 1 aromatic rings. The number of amides is 1. The standard InChI is InChI=1S/C13H15NO3/c15-11(13(7-8-13)12(16)17)14-9-6-10-4-2-1-3-5-10/h1-5H,6-9H2,(H,14,15)(H,16,17). The van der Waals surface area contributed by atoms with Crippen molar-refractivity contribution in [3.63, 3.8) is 0 Å². The van der Waals surface area contributed by atoms with Crippen molar-refractivity contribution in [2.24, 2.45) is 5.41 Å².